The lowest BCUT2D eigenvalue weighted by atomic mass is 10.0. The van der Waals surface area contributed by atoms with Crippen molar-refractivity contribution in [2.45, 2.75) is 20.3 Å². The summed E-state index contributed by atoms with van der Waals surface area (Å²) in [7, 11) is 1.92. The molecule has 0 bridgehead atoms. The molecule has 0 amide bonds. The van der Waals surface area contributed by atoms with E-state index in [1.54, 1.807) is 4.68 Å². The predicted molar refractivity (Wildman–Crippen MR) is 78.1 cm³/mol. The van der Waals surface area contributed by atoms with Crippen LogP contribution >= 0.6 is 0 Å². The molecule has 19 heavy (non-hydrogen) atoms. The summed E-state index contributed by atoms with van der Waals surface area (Å²) in [6.45, 7) is 4.33. The van der Waals surface area contributed by atoms with Crippen molar-refractivity contribution in [1.82, 2.24) is 14.8 Å². The lowest BCUT2D eigenvalue weighted by Crippen LogP contribution is -1.89. The second-order valence-corrected chi connectivity index (χ2v) is 4.96. The van der Waals surface area contributed by atoms with Gasteiger partial charge in [-0.2, -0.15) is 5.10 Å². The highest BCUT2D eigenvalue weighted by molar-refractivity contribution is 5.88. The minimum atomic E-state index is 0.980. The van der Waals surface area contributed by atoms with Gasteiger partial charge in [0.2, 0.25) is 0 Å². The van der Waals surface area contributed by atoms with Gasteiger partial charge in [-0.1, -0.05) is 19.1 Å². The highest BCUT2D eigenvalue weighted by Crippen LogP contribution is 2.25. The smallest absolute Gasteiger partial charge is 0.0739 e. The van der Waals surface area contributed by atoms with E-state index < -0.39 is 0 Å². The Morgan fingerprint density at radius 3 is 2.68 bits per heavy atom. The second kappa shape index (κ2) is 4.50. The number of fused-ring (bicyclic) bond motifs is 1. The van der Waals surface area contributed by atoms with E-state index in [4.69, 9.17) is 0 Å². The number of rotatable bonds is 2. The molecule has 0 unspecified atom stereocenters. The van der Waals surface area contributed by atoms with Gasteiger partial charge in [-0.15, -0.1) is 0 Å². The summed E-state index contributed by atoms with van der Waals surface area (Å²) < 4.78 is 1.80. The Morgan fingerprint density at radius 2 is 2.00 bits per heavy atom. The van der Waals surface area contributed by atoms with Gasteiger partial charge < -0.3 is 0 Å². The van der Waals surface area contributed by atoms with Crippen LogP contribution in [0.15, 0.2) is 36.8 Å². The number of pyridine rings is 1. The molecule has 0 N–H and O–H groups in total. The van der Waals surface area contributed by atoms with Crippen molar-refractivity contribution in [1.29, 1.82) is 0 Å². The van der Waals surface area contributed by atoms with Crippen LogP contribution in [0, 0.1) is 6.92 Å². The van der Waals surface area contributed by atoms with Crippen molar-refractivity contribution in [3.05, 3.63) is 47.9 Å². The van der Waals surface area contributed by atoms with Crippen molar-refractivity contribution < 1.29 is 0 Å². The zero-order valence-corrected chi connectivity index (χ0v) is 11.5. The molecule has 1 aromatic carbocycles. The first-order valence-corrected chi connectivity index (χ1v) is 6.55. The van der Waals surface area contributed by atoms with Gasteiger partial charge in [0, 0.05) is 30.4 Å². The van der Waals surface area contributed by atoms with Crippen LogP contribution in [0.4, 0.5) is 0 Å². The molecule has 3 aromatic rings. The summed E-state index contributed by atoms with van der Waals surface area (Å²) in [6, 6.07) is 6.65. The van der Waals surface area contributed by atoms with Crippen molar-refractivity contribution in [2.75, 3.05) is 0 Å². The minimum absolute atomic E-state index is 0.980. The van der Waals surface area contributed by atoms with E-state index in [9.17, 15) is 0 Å². The van der Waals surface area contributed by atoms with Crippen LogP contribution in [0.5, 0.6) is 0 Å². The molecule has 0 spiro atoms. The molecule has 0 saturated carbocycles. The molecule has 2 heterocycles. The van der Waals surface area contributed by atoms with Gasteiger partial charge in [-0.3, -0.25) is 9.67 Å². The summed E-state index contributed by atoms with van der Waals surface area (Å²) in [5, 5.41) is 6.68. The molecule has 2 aromatic heterocycles. The Morgan fingerprint density at radius 1 is 1.16 bits per heavy atom. The highest BCUT2D eigenvalue weighted by atomic mass is 15.2. The van der Waals surface area contributed by atoms with E-state index in [-0.39, 0.29) is 0 Å². The Balaban J connectivity index is 2.19. The Hall–Kier alpha value is -2.16. The average Bonchev–Trinajstić information content (AvgIpc) is 2.84. The van der Waals surface area contributed by atoms with E-state index in [1.165, 1.54) is 21.9 Å². The van der Waals surface area contributed by atoms with Crippen LogP contribution in [0.25, 0.3) is 22.0 Å². The molecular weight excluding hydrogens is 234 g/mol. The molecule has 0 aliphatic heterocycles. The molecule has 0 aliphatic rings. The molecule has 96 valence electrons. The lowest BCUT2D eigenvalue weighted by molar-refractivity contribution is 0.768. The van der Waals surface area contributed by atoms with Crippen molar-refractivity contribution >= 4 is 10.8 Å². The van der Waals surface area contributed by atoms with E-state index in [0.717, 1.165) is 17.7 Å². The number of aryl methyl sites for hydroxylation is 3. The zero-order valence-electron chi connectivity index (χ0n) is 11.5. The number of hydrogen-bond acceptors (Lipinski definition) is 2. The van der Waals surface area contributed by atoms with Gasteiger partial charge in [0.1, 0.15) is 0 Å². The maximum Gasteiger partial charge on any atom is 0.0739 e. The quantitative estimate of drug-likeness (QED) is 0.698. The van der Waals surface area contributed by atoms with Gasteiger partial charge in [0.05, 0.1) is 11.9 Å². The summed E-state index contributed by atoms with van der Waals surface area (Å²) in [5.74, 6) is 0. The van der Waals surface area contributed by atoms with Crippen LogP contribution in [0.2, 0.25) is 0 Å². The van der Waals surface area contributed by atoms with E-state index in [2.05, 4.69) is 42.1 Å². The van der Waals surface area contributed by atoms with Gasteiger partial charge in [0.15, 0.2) is 0 Å². The van der Waals surface area contributed by atoms with Crippen molar-refractivity contribution in [3.63, 3.8) is 0 Å². The van der Waals surface area contributed by atoms with Gasteiger partial charge in [-0.25, -0.2) is 0 Å². The second-order valence-electron chi connectivity index (χ2n) is 4.96. The summed E-state index contributed by atoms with van der Waals surface area (Å²) in [5.41, 5.74) is 4.70. The predicted octanol–water partition coefficient (Wildman–Crippen LogP) is 3.51. The highest BCUT2D eigenvalue weighted by Gasteiger charge is 2.06. The molecule has 0 fully saturated rings. The number of hydrogen-bond donors (Lipinski definition) is 0. The fraction of sp³-hybridized carbons (Fsp3) is 0.250. The monoisotopic (exact) mass is 251 g/mol. The Labute approximate surface area is 112 Å². The summed E-state index contributed by atoms with van der Waals surface area (Å²) in [4.78, 5) is 4.55. The molecule has 0 radical (unpaired) electrons. The number of aromatic nitrogens is 3. The first-order chi connectivity index (χ1) is 9.17. The first kappa shape index (κ1) is 11.9. The van der Waals surface area contributed by atoms with Crippen LogP contribution in [0.3, 0.4) is 0 Å². The van der Waals surface area contributed by atoms with Crippen LogP contribution in [-0.4, -0.2) is 14.8 Å². The van der Waals surface area contributed by atoms with Crippen LogP contribution in [0.1, 0.15) is 18.1 Å². The third-order valence-corrected chi connectivity index (χ3v) is 3.51. The molecule has 3 nitrogen and oxygen atoms in total. The zero-order chi connectivity index (χ0) is 13.4. The van der Waals surface area contributed by atoms with E-state index in [0.29, 0.717) is 0 Å². The third kappa shape index (κ3) is 2.12. The lowest BCUT2D eigenvalue weighted by Gasteiger charge is -2.07. The van der Waals surface area contributed by atoms with E-state index >= 15 is 0 Å². The van der Waals surface area contributed by atoms with Gasteiger partial charge in [0.25, 0.3) is 0 Å². The third-order valence-electron chi connectivity index (χ3n) is 3.51. The number of benzene rings is 1. The Bertz CT molecular complexity index is 741. The van der Waals surface area contributed by atoms with Gasteiger partial charge >= 0.3 is 0 Å². The van der Waals surface area contributed by atoms with Crippen molar-refractivity contribution in [3.8, 4) is 11.3 Å². The molecule has 3 rings (SSSR count). The average molecular weight is 251 g/mol. The maximum atomic E-state index is 4.55. The number of nitrogens with zero attached hydrogens (tertiary/aromatic N) is 3. The topological polar surface area (TPSA) is 30.7 Å². The standard InChI is InChI=1S/C16H17N3/c1-4-12-5-11(2)15-9-17-16(7-13(15)6-12)14-8-18-19(3)10-14/h5-10H,4H2,1-3H3. The first-order valence-electron chi connectivity index (χ1n) is 6.55. The molecule has 0 aliphatic carbocycles. The van der Waals surface area contributed by atoms with Gasteiger partial charge in [-0.05, 0) is 35.9 Å². The SMILES string of the molecule is CCc1cc(C)c2cnc(-c3cnn(C)c3)cc2c1. The van der Waals surface area contributed by atoms with Crippen molar-refractivity contribution in [2.24, 2.45) is 7.05 Å². The van der Waals surface area contributed by atoms with Crippen LogP contribution in [-0.2, 0) is 13.5 Å². The molecule has 3 heteroatoms. The fourth-order valence-corrected chi connectivity index (χ4v) is 2.43. The fourth-order valence-electron chi connectivity index (χ4n) is 2.43. The Kier molecular flexibility index (Phi) is 2.82. The van der Waals surface area contributed by atoms with Crippen LogP contribution < -0.4 is 0 Å². The molecular formula is C16H17N3. The molecule has 0 saturated heterocycles. The summed E-state index contributed by atoms with van der Waals surface area (Å²) in [6.07, 6.45) is 6.86. The normalized spacial score (nSPS) is 11.1. The molecule has 0 atom stereocenters. The summed E-state index contributed by atoms with van der Waals surface area (Å²) >= 11 is 0. The largest absolute Gasteiger partial charge is 0.275 e. The van der Waals surface area contributed by atoms with E-state index in [1.807, 2.05) is 25.6 Å². The maximum absolute atomic E-state index is 4.55. The minimum Gasteiger partial charge on any atom is -0.275 e.